The monoisotopic (exact) mass is 512 g/mol. The van der Waals surface area contributed by atoms with Gasteiger partial charge in [-0.3, -0.25) is 0 Å². The van der Waals surface area contributed by atoms with Crippen LogP contribution in [0.3, 0.4) is 0 Å². The molecule has 1 aliphatic heterocycles. The van der Waals surface area contributed by atoms with E-state index in [1.807, 2.05) is 0 Å². The van der Waals surface area contributed by atoms with E-state index in [2.05, 4.69) is 137 Å². The van der Waals surface area contributed by atoms with Crippen molar-refractivity contribution in [3.05, 3.63) is 113 Å². The Bertz CT molecular complexity index is 1740. The van der Waals surface area contributed by atoms with Crippen LogP contribution >= 0.6 is 0 Å². The number of aryl methyl sites for hydroxylation is 2. The number of rotatable bonds is 6. The van der Waals surface area contributed by atoms with Crippen LogP contribution in [0.1, 0.15) is 87.3 Å². The van der Waals surface area contributed by atoms with Gasteiger partial charge in [0.15, 0.2) is 0 Å². The van der Waals surface area contributed by atoms with Crippen LogP contribution in [-0.2, 0) is 6.42 Å². The third-order valence-corrected chi connectivity index (χ3v) is 8.62. The fourth-order valence-electron chi connectivity index (χ4n) is 6.99. The van der Waals surface area contributed by atoms with Crippen molar-refractivity contribution >= 4 is 39.1 Å². The second-order valence-corrected chi connectivity index (χ2v) is 12.1. The molecule has 0 amide bonds. The van der Waals surface area contributed by atoms with E-state index >= 15 is 0 Å². The summed E-state index contributed by atoms with van der Waals surface area (Å²) in [5.41, 5.74) is 14.0. The van der Waals surface area contributed by atoms with Gasteiger partial charge in [-0.1, -0.05) is 88.4 Å². The first-order valence-electron chi connectivity index (χ1n) is 14.4. The van der Waals surface area contributed by atoms with E-state index < -0.39 is 0 Å². The van der Waals surface area contributed by atoms with Crippen molar-refractivity contribution in [2.75, 3.05) is 0 Å². The number of benzene rings is 4. The summed E-state index contributed by atoms with van der Waals surface area (Å²) < 4.78 is 5.31. The molecule has 0 unspecified atom stereocenters. The standard InChI is InChI=1S/C37H40N2/c1-9-14-27-18-13-20-29(24(4)5)34(27)39-36-31-22-12-17-26-16-11-21-30(32(26)31)35(36)38(37(39,7)8)33-25(6)15-10-19-28(33)23(2)3/h10-13,15-23H,4,9,14H2,1-3,5-8H3/q+2. The summed E-state index contributed by atoms with van der Waals surface area (Å²) in [4.78, 5) is 0. The number of hydrogen-bond donors (Lipinski definition) is 0. The van der Waals surface area contributed by atoms with E-state index in [0.717, 1.165) is 18.4 Å². The van der Waals surface area contributed by atoms with Gasteiger partial charge in [0.2, 0.25) is 11.4 Å². The summed E-state index contributed by atoms with van der Waals surface area (Å²) in [5.74, 6) is 0.409. The van der Waals surface area contributed by atoms with Gasteiger partial charge in [-0.15, -0.1) is 9.15 Å². The number of fused-ring (bicyclic) bond motifs is 3. The lowest BCUT2D eigenvalue weighted by atomic mass is 9.95. The van der Waals surface area contributed by atoms with Gasteiger partial charge in [-0.2, -0.15) is 0 Å². The zero-order valence-corrected chi connectivity index (χ0v) is 24.5. The summed E-state index contributed by atoms with van der Waals surface area (Å²) in [6.45, 7) is 20.6. The molecular weight excluding hydrogens is 472 g/mol. The van der Waals surface area contributed by atoms with Crippen molar-refractivity contribution in [1.29, 1.82) is 0 Å². The first-order valence-corrected chi connectivity index (χ1v) is 14.4. The zero-order valence-electron chi connectivity index (χ0n) is 24.5. The van der Waals surface area contributed by atoms with Crippen molar-refractivity contribution < 1.29 is 9.15 Å². The van der Waals surface area contributed by atoms with Gasteiger partial charge in [0.25, 0.3) is 11.4 Å². The lowest BCUT2D eigenvalue weighted by Crippen LogP contribution is -2.41. The van der Waals surface area contributed by atoms with Crippen LogP contribution in [0.25, 0.3) is 16.3 Å². The number of nitrogens with zero attached hydrogens (tertiary/aromatic N) is 2. The minimum absolute atomic E-state index is 0.357. The summed E-state index contributed by atoms with van der Waals surface area (Å²) in [6.07, 6.45) is 2.13. The third-order valence-electron chi connectivity index (χ3n) is 8.62. The predicted octanol–water partition coefficient (Wildman–Crippen LogP) is 9.29. The molecule has 196 valence electrons. The van der Waals surface area contributed by atoms with Crippen molar-refractivity contribution in [2.45, 2.75) is 72.9 Å². The molecule has 2 heteroatoms. The van der Waals surface area contributed by atoms with Crippen LogP contribution in [0, 0.1) is 6.92 Å². The van der Waals surface area contributed by atoms with E-state index in [1.54, 1.807) is 0 Å². The van der Waals surface area contributed by atoms with E-state index in [9.17, 15) is 0 Å². The molecule has 0 N–H and O–H groups in total. The molecule has 0 fully saturated rings. The zero-order chi connectivity index (χ0) is 27.6. The van der Waals surface area contributed by atoms with Gasteiger partial charge in [0.1, 0.15) is 0 Å². The minimum atomic E-state index is -0.357. The van der Waals surface area contributed by atoms with Crippen molar-refractivity contribution in [3.63, 3.8) is 0 Å². The molecule has 0 radical (unpaired) electrons. The highest BCUT2D eigenvalue weighted by atomic mass is 15.4. The molecule has 39 heavy (non-hydrogen) atoms. The van der Waals surface area contributed by atoms with Gasteiger partial charge in [0, 0.05) is 27.6 Å². The smallest absolute Gasteiger partial charge is 0.121 e. The quantitative estimate of drug-likeness (QED) is 0.227. The Morgan fingerprint density at radius 2 is 1.41 bits per heavy atom. The van der Waals surface area contributed by atoms with Crippen molar-refractivity contribution in [1.82, 2.24) is 0 Å². The lowest BCUT2D eigenvalue weighted by Gasteiger charge is -2.23. The number of para-hydroxylation sites is 2. The highest BCUT2D eigenvalue weighted by molar-refractivity contribution is 6.58. The van der Waals surface area contributed by atoms with Crippen LogP contribution < -0.4 is 0 Å². The molecule has 6 rings (SSSR count). The first-order chi connectivity index (χ1) is 18.7. The summed E-state index contributed by atoms with van der Waals surface area (Å²) >= 11 is 0. The van der Waals surface area contributed by atoms with Crippen LogP contribution in [-0.4, -0.2) is 26.2 Å². The second kappa shape index (κ2) is 9.16. The molecule has 0 aromatic heterocycles. The van der Waals surface area contributed by atoms with Crippen LogP contribution in [0.2, 0.25) is 0 Å². The Balaban J connectivity index is 1.82. The molecule has 1 heterocycles. The molecular formula is C37H40N2+2. The molecule has 0 saturated heterocycles. The molecule has 4 aromatic carbocycles. The first kappa shape index (κ1) is 25.5. The van der Waals surface area contributed by atoms with Crippen molar-refractivity contribution in [3.8, 4) is 0 Å². The SMILES string of the molecule is C=C(C)c1cccc(CCC)c1[N+]1=C2C(=[N+](c3c(C)cccc3C(C)C)C1(C)C)c1cccc3cccc2c13. The lowest BCUT2D eigenvalue weighted by molar-refractivity contribution is -0.740. The maximum Gasteiger partial charge on any atom is 0.357 e. The molecule has 2 nitrogen and oxygen atoms in total. The van der Waals surface area contributed by atoms with Gasteiger partial charge in [-0.05, 0) is 55.3 Å². The predicted molar refractivity (Wildman–Crippen MR) is 166 cm³/mol. The average molecular weight is 513 g/mol. The van der Waals surface area contributed by atoms with Crippen LogP contribution in [0.4, 0.5) is 11.4 Å². The molecule has 0 bridgehead atoms. The molecule has 0 saturated carbocycles. The normalized spacial score (nSPS) is 15.6. The number of allylic oxidation sites excluding steroid dienone is 1. The molecule has 0 spiro atoms. The van der Waals surface area contributed by atoms with E-state index in [0.29, 0.717) is 5.92 Å². The van der Waals surface area contributed by atoms with Gasteiger partial charge < -0.3 is 0 Å². The minimum Gasteiger partial charge on any atom is -0.121 e. The highest BCUT2D eigenvalue weighted by Gasteiger charge is 2.61. The molecule has 0 atom stereocenters. The summed E-state index contributed by atoms with van der Waals surface area (Å²) in [7, 11) is 0. The van der Waals surface area contributed by atoms with E-state index in [1.165, 1.54) is 67.0 Å². The van der Waals surface area contributed by atoms with Gasteiger partial charge >= 0.3 is 5.66 Å². The maximum absolute atomic E-state index is 4.44. The molecule has 4 aromatic rings. The van der Waals surface area contributed by atoms with Crippen LogP contribution in [0.15, 0.2) is 79.4 Å². The third kappa shape index (κ3) is 3.61. The Kier molecular flexibility index (Phi) is 5.99. The highest BCUT2D eigenvalue weighted by Crippen LogP contribution is 2.46. The van der Waals surface area contributed by atoms with E-state index in [-0.39, 0.29) is 5.66 Å². The average Bonchev–Trinajstić information content (AvgIpc) is 3.33. The fraction of sp³-hybridized carbons (Fsp3) is 0.297. The second-order valence-electron chi connectivity index (χ2n) is 12.1. The van der Waals surface area contributed by atoms with Crippen molar-refractivity contribution in [2.24, 2.45) is 0 Å². The summed E-state index contributed by atoms with van der Waals surface area (Å²) in [5, 5.41) is 2.66. The van der Waals surface area contributed by atoms with Gasteiger partial charge in [0.05, 0.1) is 25.0 Å². The Labute approximate surface area is 233 Å². The van der Waals surface area contributed by atoms with Gasteiger partial charge in [-0.25, -0.2) is 0 Å². The maximum atomic E-state index is 4.44. The number of hydrogen-bond acceptors (Lipinski definition) is 0. The molecule has 1 aliphatic carbocycles. The Morgan fingerprint density at radius 1 is 0.821 bits per heavy atom. The van der Waals surface area contributed by atoms with E-state index in [4.69, 9.17) is 0 Å². The Morgan fingerprint density at radius 3 is 2.00 bits per heavy atom. The van der Waals surface area contributed by atoms with Crippen LogP contribution in [0.5, 0.6) is 0 Å². The fourth-order valence-corrected chi connectivity index (χ4v) is 6.99. The Hall–Kier alpha value is -3.78. The molecule has 2 aliphatic rings. The largest absolute Gasteiger partial charge is 0.357 e. The summed E-state index contributed by atoms with van der Waals surface area (Å²) in [6, 6.07) is 27.2. The topological polar surface area (TPSA) is 6.02 Å².